The molecule has 6 nitrogen and oxygen atoms in total. The number of hydrogen-bond acceptors (Lipinski definition) is 5. The summed E-state index contributed by atoms with van der Waals surface area (Å²) in [6, 6.07) is 0. The molecule has 3 atom stereocenters. The molecule has 0 aromatic rings. The van der Waals surface area contributed by atoms with E-state index in [-0.39, 0.29) is 16.7 Å². The van der Waals surface area contributed by atoms with Gasteiger partial charge in [0.25, 0.3) is 0 Å². The Labute approximate surface area is 164 Å². The van der Waals surface area contributed by atoms with Gasteiger partial charge in [0.1, 0.15) is 17.1 Å². The van der Waals surface area contributed by atoms with Crippen LogP contribution in [0.4, 0.5) is 4.79 Å². The Hall–Kier alpha value is -1.27. The second kappa shape index (κ2) is 6.96. The van der Waals surface area contributed by atoms with Crippen molar-refractivity contribution in [2.75, 3.05) is 6.54 Å². The van der Waals surface area contributed by atoms with Crippen LogP contribution >= 0.6 is 0 Å². The van der Waals surface area contributed by atoms with E-state index in [0.717, 1.165) is 25.0 Å². The lowest BCUT2D eigenvalue weighted by Gasteiger charge is -2.59. The third-order valence-corrected chi connectivity index (χ3v) is 6.21. The topological polar surface area (TPSA) is 85.0 Å². The fourth-order valence-electron chi connectivity index (χ4n) is 5.19. The van der Waals surface area contributed by atoms with Gasteiger partial charge in [0.05, 0.1) is 0 Å². The van der Waals surface area contributed by atoms with Crippen molar-refractivity contribution in [1.29, 1.82) is 0 Å². The number of aliphatic hydroxyl groups is 1. The van der Waals surface area contributed by atoms with Crippen molar-refractivity contribution < 1.29 is 19.5 Å². The normalized spacial score (nSPS) is 33.6. The van der Waals surface area contributed by atoms with Crippen LogP contribution in [0, 0.1) is 16.7 Å². The summed E-state index contributed by atoms with van der Waals surface area (Å²) in [7, 11) is 0. The molecule has 2 aliphatic rings. The first kappa shape index (κ1) is 22.0. The lowest BCUT2D eigenvalue weighted by Crippen LogP contribution is -2.65. The summed E-state index contributed by atoms with van der Waals surface area (Å²) in [5, 5.41) is 11.2. The molecule has 27 heavy (non-hydrogen) atoms. The van der Waals surface area contributed by atoms with E-state index in [2.05, 4.69) is 27.7 Å². The highest BCUT2D eigenvalue weighted by molar-refractivity contribution is 5.69. The van der Waals surface area contributed by atoms with E-state index in [1.165, 1.54) is 10.5 Å². The molecular formula is C21H38N2O4. The van der Waals surface area contributed by atoms with Gasteiger partial charge >= 0.3 is 6.09 Å². The number of hydrogen-bond donors (Lipinski definition) is 2. The number of nitrogens with zero attached hydrogens (tertiary/aromatic N) is 1. The predicted molar refractivity (Wildman–Crippen MR) is 105 cm³/mol. The Morgan fingerprint density at radius 2 is 1.89 bits per heavy atom. The SMILES string of the molecule is CCCC1=C(ON)C(C)(C)[C@@H]2CC(C)(O)N(C(=O)OC(C)(C)C)C[C@@]2(C)C1. The fourth-order valence-corrected chi connectivity index (χ4v) is 5.19. The Morgan fingerprint density at radius 3 is 2.37 bits per heavy atom. The Balaban J connectivity index is 2.44. The van der Waals surface area contributed by atoms with E-state index >= 15 is 0 Å². The number of likely N-dealkylation sites (tertiary alicyclic amines) is 1. The predicted octanol–water partition coefficient (Wildman–Crippen LogP) is 4.33. The van der Waals surface area contributed by atoms with Crippen LogP contribution in [0.1, 0.15) is 81.1 Å². The number of piperidine rings is 1. The zero-order valence-corrected chi connectivity index (χ0v) is 18.3. The number of fused-ring (bicyclic) bond motifs is 1. The average molecular weight is 383 g/mol. The average Bonchev–Trinajstić information content (AvgIpc) is 2.47. The summed E-state index contributed by atoms with van der Waals surface area (Å²) in [6.07, 6.45) is 2.71. The maximum absolute atomic E-state index is 12.8. The molecule has 0 radical (unpaired) electrons. The van der Waals surface area contributed by atoms with E-state index in [9.17, 15) is 9.90 Å². The van der Waals surface area contributed by atoms with Crippen molar-refractivity contribution in [1.82, 2.24) is 4.90 Å². The molecule has 1 amide bonds. The molecule has 1 unspecified atom stereocenters. The van der Waals surface area contributed by atoms with Gasteiger partial charge in [0, 0.05) is 12.0 Å². The van der Waals surface area contributed by atoms with Gasteiger partial charge in [-0.15, -0.1) is 0 Å². The number of carbonyl (C=O) groups excluding carboxylic acids is 1. The van der Waals surface area contributed by atoms with Gasteiger partial charge in [0.15, 0.2) is 0 Å². The summed E-state index contributed by atoms with van der Waals surface area (Å²) >= 11 is 0. The minimum absolute atomic E-state index is 0.123. The molecule has 6 heteroatoms. The summed E-state index contributed by atoms with van der Waals surface area (Å²) in [5.74, 6) is 6.64. The first-order chi connectivity index (χ1) is 12.2. The second-order valence-electron chi connectivity index (χ2n) is 10.4. The summed E-state index contributed by atoms with van der Waals surface area (Å²) < 4.78 is 5.58. The largest absolute Gasteiger partial charge is 0.444 e. The molecule has 156 valence electrons. The first-order valence-corrected chi connectivity index (χ1v) is 10.00. The molecule has 0 bridgehead atoms. The van der Waals surface area contributed by atoms with E-state index < -0.39 is 17.4 Å². The van der Waals surface area contributed by atoms with Crippen LogP contribution in [0.2, 0.25) is 0 Å². The van der Waals surface area contributed by atoms with E-state index in [4.69, 9.17) is 15.5 Å². The lowest BCUT2D eigenvalue weighted by atomic mass is 9.52. The van der Waals surface area contributed by atoms with Crippen molar-refractivity contribution >= 4 is 6.09 Å². The van der Waals surface area contributed by atoms with Crippen LogP contribution in [0.15, 0.2) is 11.3 Å². The molecule has 0 aromatic carbocycles. The Bertz CT molecular complexity index is 618. The van der Waals surface area contributed by atoms with Crippen LogP contribution in [0.25, 0.3) is 0 Å². The lowest BCUT2D eigenvalue weighted by molar-refractivity contribution is -0.183. The van der Waals surface area contributed by atoms with Crippen LogP contribution < -0.4 is 5.90 Å². The maximum Gasteiger partial charge on any atom is 0.412 e. The zero-order chi connectivity index (χ0) is 20.8. The molecule has 0 spiro atoms. The molecule has 1 fully saturated rings. The minimum atomic E-state index is -1.29. The van der Waals surface area contributed by atoms with Crippen molar-refractivity contribution in [2.24, 2.45) is 22.6 Å². The Kier molecular flexibility index (Phi) is 5.68. The standard InChI is InChI=1S/C21H38N2O4/c1-9-10-14-11-20(7)13-23(17(24)26-18(2,3)4)21(8,25)12-15(20)19(5,6)16(14)27-22/h15,25H,9-13,22H2,1-8H3/t15-,20+,21?/m0/s1. The molecule has 0 aromatic heterocycles. The molecule has 1 aliphatic carbocycles. The van der Waals surface area contributed by atoms with Gasteiger partial charge in [-0.1, -0.05) is 34.1 Å². The summed E-state index contributed by atoms with van der Waals surface area (Å²) in [6.45, 7) is 16.3. The number of carbonyl (C=O) groups is 1. The van der Waals surface area contributed by atoms with Crippen molar-refractivity contribution in [3.05, 3.63) is 11.3 Å². The van der Waals surface area contributed by atoms with Crippen molar-refractivity contribution in [3.63, 3.8) is 0 Å². The zero-order valence-electron chi connectivity index (χ0n) is 18.3. The molecule has 1 heterocycles. The number of rotatable bonds is 3. The second-order valence-corrected chi connectivity index (χ2v) is 10.4. The highest BCUT2D eigenvalue weighted by Crippen LogP contribution is 2.59. The number of allylic oxidation sites excluding steroid dienone is 2. The number of amides is 1. The number of ether oxygens (including phenoxy) is 1. The monoisotopic (exact) mass is 382 g/mol. The summed E-state index contributed by atoms with van der Waals surface area (Å²) in [5.41, 5.74) is -1.18. The first-order valence-electron chi connectivity index (χ1n) is 10.00. The van der Waals surface area contributed by atoms with Gasteiger partial charge in [-0.25, -0.2) is 4.79 Å². The molecule has 0 saturated carbocycles. The number of nitrogens with two attached hydrogens (primary N) is 1. The molecule has 3 N–H and O–H groups in total. The third kappa shape index (κ3) is 4.11. The van der Waals surface area contributed by atoms with E-state index in [1.54, 1.807) is 6.92 Å². The smallest absolute Gasteiger partial charge is 0.412 e. The van der Waals surface area contributed by atoms with Gasteiger partial charge in [-0.3, -0.25) is 4.90 Å². The maximum atomic E-state index is 12.8. The van der Waals surface area contributed by atoms with Gasteiger partial charge in [-0.2, -0.15) is 5.90 Å². The van der Waals surface area contributed by atoms with E-state index in [0.29, 0.717) is 13.0 Å². The van der Waals surface area contributed by atoms with Crippen molar-refractivity contribution in [2.45, 2.75) is 92.4 Å². The van der Waals surface area contributed by atoms with Crippen LogP contribution in [-0.4, -0.2) is 34.0 Å². The molecule has 1 saturated heterocycles. The quantitative estimate of drug-likeness (QED) is 0.710. The van der Waals surface area contributed by atoms with Gasteiger partial charge in [-0.05, 0) is 63.9 Å². The van der Waals surface area contributed by atoms with Gasteiger partial charge < -0.3 is 14.7 Å². The fraction of sp³-hybridized carbons (Fsp3) is 0.857. The molecule has 1 aliphatic heterocycles. The van der Waals surface area contributed by atoms with Crippen LogP contribution in [0.5, 0.6) is 0 Å². The van der Waals surface area contributed by atoms with Crippen molar-refractivity contribution in [3.8, 4) is 0 Å². The van der Waals surface area contributed by atoms with Crippen LogP contribution in [0.3, 0.4) is 0 Å². The van der Waals surface area contributed by atoms with Gasteiger partial charge in [0.2, 0.25) is 0 Å². The van der Waals surface area contributed by atoms with E-state index in [1.807, 2.05) is 20.8 Å². The van der Waals surface area contributed by atoms with Crippen LogP contribution in [-0.2, 0) is 9.57 Å². The Morgan fingerprint density at radius 1 is 1.30 bits per heavy atom. The minimum Gasteiger partial charge on any atom is -0.444 e. The molecule has 2 rings (SSSR count). The highest BCUT2D eigenvalue weighted by Gasteiger charge is 2.59. The molecular weight excluding hydrogens is 344 g/mol. The third-order valence-electron chi connectivity index (χ3n) is 6.21. The summed E-state index contributed by atoms with van der Waals surface area (Å²) in [4.78, 5) is 19.7. The highest BCUT2D eigenvalue weighted by atomic mass is 16.6.